The van der Waals surface area contributed by atoms with Crippen molar-refractivity contribution >= 4 is 16.9 Å². The van der Waals surface area contributed by atoms with Crippen molar-refractivity contribution in [1.29, 1.82) is 0 Å². The number of nitrogens with one attached hydrogen (secondary N) is 1. The Morgan fingerprint density at radius 3 is 2.85 bits per heavy atom. The quantitative estimate of drug-likeness (QED) is 0.782. The minimum Gasteiger partial charge on any atom is -0.345 e. The highest BCUT2D eigenvalue weighted by Gasteiger charge is 2.30. The fourth-order valence-corrected chi connectivity index (χ4v) is 4.41. The van der Waals surface area contributed by atoms with Crippen LogP contribution in [-0.2, 0) is 6.54 Å². The van der Waals surface area contributed by atoms with E-state index in [9.17, 15) is 4.39 Å². The largest absolute Gasteiger partial charge is 0.345 e. The Bertz CT molecular complexity index is 906. The number of nitrogens with zero attached hydrogens (tertiary/aromatic N) is 4. The van der Waals surface area contributed by atoms with Crippen molar-refractivity contribution in [3.63, 3.8) is 0 Å². The summed E-state index contributed by atoms with van der Waals surface area (Å²) in [6.07, 6.45) is 6.32. The van der Waals surface area contributed by atoms with Crippen LogP contribution in [0.1, 0.15) is 12.8 Å². The monoisotopic (exact) mass is 353 g/mol. The number of imidazole rings is 1. The van der Waals surface area contributed by atoms with Crippen LogP contribution in [0.3, 0.4) is 0 Å². The molecule has 0 amide bonds. The third kappa shape index (κ3) is 2.69. The summed E-state index contributed by atoms with van der Waals surface area (Å²) in [5, 5.41) is 1.14. The van der Waals surface area contributed by atoms with Crippen LogP contribution in [-0.4, -0.2) is 58.3 Å². The van der Waals surface area contributed by atoms with Crippen LogP contribution in [0.15, 0.2) is 36.7 Å². The molecule has 0 spiro atoms. The molecule has 2 bridgehead atoms. The van der Waals surface area contributed by atoms with Crippen molar-refractivity contribution in [2.24, 2.45) is 0 Å². The zero-order chi connectivity index (χ0) is 17.5. The summed E-state index contributed by atoms with van der Waals surface area (Å²) in [7, 11) is 0. The predicted molar refractivity (Wildman–Crippen MR) is 102 cm³/mol. The molecule has 3 fully saturated rings. The van der Waals surface area contributed by atoms with Crippen LogP contribution >= 0.6 is 0 Å². The number of aromatic nitrogens is 3. The van der Waals surface area contributed by atoms with Crippen LogP contribution in [0.2, 0.25) is 0 Å². The number of benzene rings is 1. The topological polar surface area (TPSA) is 40.1 Å². The Kier molecular flexibility index (Phi) is 3.93. The van der Waals surface area contributed by atoms with E-state index >= 15 is 0 Å². The second-order valence-corrected chi connectivity index (χ2v) is 7.36. The fraction of sp³-hybridized carbons (Fsp3) is 0.450. The maximum atomic E-state index is 12.8. The molecule has 136 valence electrons. The average molecular weight is 353 g/mol. The number of hydrogen-bond donors (Lipinski definition) is 1. The van der Waals surface area contributed by atoms with E-state index in [2.05, 4.69) is 38.0 Å². The van der Waals surface area contributed by atoms with E-state index in [1.807, 2.05) is 23.0 Å². The van der Waals surface area contributed by atoms with Crippen molar-refractivity contribution in [1.82, 2.24) is 19.4 Å². The summed E-state index contributed by atoms with van der Waals surface area (Å²) in [6.45, 7) is 4.61. The molecule has 1 N–H and O–H groups in total. The van der Waals surface area contributed by atoms with Gasteiger partial charge in [-0.1, -0.05) is 12.1 Å². The van der Waals surface area contributed by atoms with Gasteiger partial charge in [0, 0.05) is 49.5 Å². The van der Waals surface area contributed by atoms with Crippen LogP contribution < -0.4 is 4.90 Å². The van der Waals surface area contributed by atoms with Gasteiger partial charge in [0.15, 0.2) is 0 Å². The number of fused-ring (bicyclic) bond motifs is 5. The minimum atomic E-state index is -0.352. The molecule has 0 saturated carbocycles. The highest BCUT2D eigenvalue weighted by molar-refractivity contribution is 5.85. The van der Waals surface area contributed by atoms with E-state index in [1.54, 1.807) is 0 Å². The highest BCUT2D eigenvalue weighted by Crippen LogP contribution is 2.28. The van der Waals surface area contributed by atoms with Gasteiger partial charge in [-0.3, -0.25) is 0 Å². The molecule has 3 aromatic rings. The molecule has 0 radical (unpaired) electrons. The Balaban J connectivity index is 1.46. The maximum absolute atomic E-state index is 12.8. The molecule has 6 heteroatoms. The lowest BCUT2D eigenvalue weighted by atomic mass is 10.1. The number of anilines is 1. The number of alkyl halides is 1. The Morgan fingerprint density at radius 1 is 1.12 bits per heavy atom. The molecule has 26 heavy (non-hydrogen) atoms. The predicted octanol–water partition coefficient (Wildman–Crippen LogP) is 3.29. The average Bonchev–Trinajstić information content (AvgIpc) is 3.21. The Labute approximate surface area is 152 Å². The van der Waals surface area contributed by atoms with Crippen molar-refractivity contribution in [2.45, 2.75) is 25.4 Å². The number of aryl methyl sites for hydroxylation is 1. The number of piperidine rings is 1. The Hall–Kier alpha value is -2.34. The van der Waals surface area contributed by atoms with Crippen LogP contribution in [0.5, 0.6) is 0 Å². The molecule has 0 unspecified atom stereocenters. The lowest BCUT2D eigenvalue weighted by Crippen LogP contribution is -2.38. The molecular formula is C20H24FN5. The van der Waals surface area contributed by atoms with Crippen LogP contribution in [0.4, 0.5) is 10.3 Å². The molecule has 0 aliphatic carbocycles. The van der Waals surface area contributed by atoms with Gasteiger partial charge in [0.1, 0.15) is 6.67 Å². The number of rotatable bonds is 4. The van der Waals surface area contributed by atoms with Crippen LogP contribution in [0.25, 0.3) is 22.2 Å². The molecule has 1 aromatic carbocycles. The molecule has 5 heterocycles. The molecule has 3 aliphatic rings. The molecule has 0 atom stereocenters. The van der Waals surface area contributed by atoms with Gasteiger partial charge in [0.2, 0.25) is 5.95 Å². The second kappa shape index (κ2) is 6.43. The van der Waals surface area contributed by atoms with Gasteiger partial charge in [-0.2, -0.15) is 0 Å². The van der Waals surface area contributed by atoms with Gasteiger partial charge in [-0.05, 0) is 30.4 Å². The van der Waals surface area contributed by atoms with Crippen molar-refractivity contribution in [2.75, 3.05) is 37.8 Å². The molecule has 2 aromatic heterocycles. The van der Waals surface area contributed by atoms with E-state index in [1.165, 1.54) is 25.9 Å². The molecule has 3 saturated heterocycles. The van der Waals surface area contributed by atoms with E-state index in [-0.39, 0.29) is 6.67 Å². The highest BCUT2D eigenvalue weighted by atomic mass is 19.1. The first kappa shape index (κ1) is 15.9. The lowest BCUT2D eigenvalue weighted by Gasteiger charge is -2.31. The Morgan fingerprint density at radius 2 is 2.00 bits per heavy atom. The summed E-state index contributed by atoms with van der Waals surface area (Å²) in [6, 6.07) is 8.97. The first-order valence-corrected chi connectivity index (χ1v) is 9.51. The molecule has 5 nitrogen and oxygen atoms in total. The summed E-state index contributed by atoms with van der Waals surface area (Å²) >= 11 is 0. The van der Waals surface area contributed by atoms with E-state index in [4.69, 9.17) is 0 Å². The van der Waals surface area contributed by atoms with Gasteiger partial charge in [-0.25, -0.2) is 9.37 Å². The first-order valence-electron chi connectivity index (χ1n) is 9.51. The van der Waals surface area contributed by atoms with Crippen molar-refractivity contribution in [3.8, 4) is 11.3 Å². The number of H-pyrrole nitrogens is 1. The first-order chi connectivity index (χ1) is 12.8. The second-order valence-electron chi connectivity index (χ2n) is 7.36. The lowest BCUT2D eigenvalue weighted by molar-refractivity contribution is 0.250. The zero-order valence-corrected chi connectivity index (χ0v) is 14.9. The summed E-state index contributed by atoms with van der Waals surface area (Å²) < 4.78 is 14.7. The minimum absolute atomic E-state index is 0.352. The standard InChI is InChI=1S/C20H24FN5/c21-6-10-25-9-3-15-1-2-16(13-19(15)25)18-14-22-20(23-18)26-12-11-24-7-4-17(26)5-8-24/h1-3,9,13-14,17H,4-8,10-12H2,(H,22,23). The summed E-state index contributed by atoms with van der Waals surface area (Å²) in [5.41, 5.74) is 3.18. The van der Waals surface area contributed by atoms with Gasteiger partial charge < -0.3 is 19.4 Å². The molecular weight excluding hydrogens is 329 g/mol. The number of hydrogen-bond acceptors (Lipinski definition) is 3. The van der Waals surface area contributed by atoms with Crippen molar-refractivity contribution in [3.05, 3.63) is 36.7 Å². The molecule has 6 rings (SSSR count). The maximum Gasteiger partial charge on any atom is 0.203 e. The third-order valence-corrected chi connectivity index (χ3v) is 5.90. The molecule has 3 aliphatic heterocycles. The van der Waals surface area contributed by atoms with Crippen LogP contribution in [0, 0.1) is 0 Å². The van der Waals surface area contributed by atoms with Gasteiger partial charge in [0.25, 0.3) is 0 Å². The van der Waals surface area contributed by atoms with Gasteiger partial charge in [0.05, 0.1) is 18.4 Å². The van der Waals surface area contributed by atoms with Crippen molar-refractivity contribution < 1.29 is 4.39 Å². The van der Waals surface area contributed by atoms with E-state index in [0.717, 1.165) is 41.2 Å². The smallest absolute Gasteiger partial charge is 0.203 e. The fourth-order valence-electron chi connectivity index (χ4n) is 4.41. The zero-order valence-electron chi connectivity index (χ0n) is 14.9. The van der Waals surface area contributed by atoms with Gasteiger partial charge >= 0.3 is 0 Å². The third-order valence-electron chi connectivity index (χ3n) is 5.90. The summed E-state index contributed by atoms with van der Waals surface area (Å²) in [4.78, 5) is 13.2. The number of aromatic amines is 1. The summed E-state index contributed by atoms with van der Waals surface area (Å²) in [5.74, 6) is 0.980. The van der Waals surface area contributed by atoms with E-state index < -0.39 is 0 Å². The van der Waals surface area contributed by atoms with E-state index in [0.29, 0.717) is 12.6 Å². The van der Waals surface area contributed by atoms with Gasteiger partial charge in [-0.15, -0.1) is 0 Å². The SMILES string of the molecule is FCCn1ccc2ccc(-c3cnc(N4CCN5CCC4CC5)[nH]3)cc21. The number of halogens is 1. The normalized spacial score (nSPS) is 22.9.